The molecular weight excluding hydrogens is 470 g/mol. The molecule has 1 fully saturated rings. The van der Waals surface area contributed by atoms with Crippen molar-refractivity contribution < 1.29 is 19.4 Å². The third-order valence-electron chi connectivity index (χ3n) is 7.55. The van der Waals surface area contributed by atoms with E-state index < -0.39 is 6.29 Å². The van der Waals surface area contributed by atoms with Gasteiger partial charge in [0.2, 0.25) is 6.29 Å². The van der Waals surface area contributed by atoms with Crippen LogP contribution in [0.4, 0.5) is 0 Å². The van der Waals surface area contributed by atoms with E-state index in [-0.39, 0.29) is 36.1 Å². The average Bonchev–Trinajstić information content (AvgIpc) is 3.28. The number of allylic oxidation sites excluding steroid dienone is 1. The second-order valence-electron chi connectivity index (χ2n) is 9.78. The minimum absolute atomic E-state index is 0.00877. The zero-order chi connectivity index (χ0) is 25.8. The number of fused-ring (bicyclic) bond motifs is 1. The van der Waals surface area contributed by atoms with Gasteiger partial charge in [-0.1, -0.05) is 42.5 Å². The standard InChI is InChI=1S/C29H35N3O5/c1-2-36-28-22(11-8-18-33)23(20-9-4-3-5-10-20)19-26(37-28)27(34)31-16-14-21(15-17-31)32-25-13-7-6-12-24(25)30-29(32)35/h3-7,9-10,12-13,19,21-23,28,33H,2,8,11,14-18H2,1H3,(H,30,35)/t22-,23-,28-/m0/s1. The van der Waals surface area contributed by atoms with Crippen molar-refractivity contribution in [1.82, 2.24) is 14.5 Å². The smallest absolute Gasteiger partial charge is 0.326 e. The Kier molecular flexibility index (Phi) is 7.76. The summed E-state index contributed by atoms with van der Waals surface area (Å²) < 4.78 is 14.0. The van der Waals surface area contributed by atoms with E-state index in [2.05, 4.69) is 17.1 Å². The van der Waals surface area contributed by atoms with Crippen LogP contribution in [0.3, 0.4) is 0 Å². The maximum absolute atomic E-state index is 13.6. The predicted octanol–water partition coefficient (Wildman–Crippen LogP) is 3.94. The molecule has 0 spiro atoms. The van der Waals surface area contributed by atoms with Crippen LogP contribution in [-0.2, 0) is 14.3 Å². The number of benzene rings is 2. The molecule has 3 aromatic rings. The van der Waals surface area contributed by atoms with Crippen molar-refractivity contribution in [2.24, 2.45) is 5.92 Å². The molecule has 0 aliphatic carbocycles. The number of hydrogen-bond donors (Lipinski definition) is 2. The van der Waals surface area contributed by atoms with Gasteiger partial charge in [-0.05, 0) is 56.4 Å². The molecule has 0 radical (unpaired) electrons. The first kappa shape index (κ1) is 25.3. The van der Waals surface area contributed by atoms with Gasteiger partial charge in [-0.3, -0.25) is 9.36 Å². The van der Waals surface area contributed by atoms with Gasteiger partial charge in [0, 0.05) is 44.2 Å². The lowest BCUT2D eigenvalue weighted by Crippen LogP contribution is -2.44. The van der Waals surface area contributed by atoms with Gasteiger partial charge in [0.15, 0.2) is 5.76 Å². The fourth-order valence-corrected chi connectivity index (χ4v) is 5.73. The third-order valence-corrected chi connectivity index (χ3v) is 7.55. The van der Waals surface area contributed by atoms with Crippen molar-refractivity contribution in [3.8, 4) is 0 Å². The summed E-state index contributed by atoms with van der Waals surface area (Å²) in [5, 5.41) is 9.46. The van der Waals surface area contributed by atoms with Crippen LogP contribution in [0.5, 0.6) is 0 Å². The molecular formula is C29H35N3O5. The van der Waals surface area contributed by atoms with Gasteiger partial charge < -0.3 is 24.5 Å². The first-order chi connectivity index (χ1) is 18.1. The summed E-state index contributed by atoms with van der Waals surface area (Å²) in [7, 11) is 0. The number of aromatic nitrogens is 2. The summed E-state index contributed by atoms with van der Waals surface area (Å²) >= 11 is 0. The summed E-state index contributed by atoms with van der Waals surface area (Å²) in [4.78, 5) is 31.0. The summed E-state index contributed by atoms with van der Waals surface area (Å²) in [5.41, 5.74) is 2.72. The van der Waals surface area contributed by atoms with Crippen LogP contribution in [0.1, 0.15) is 50.1 Å². The van der Waals surface area contributed by atoms with E-state index in [1.54, 1.807) is 0 Å². The largest absolute Gasteiger partial charge is 0.459 e. The van der Waals surface area contributed by atoms with Crippen molar-refractivity contribution >= 4 is 16.9 Å². The zero-order valence-corrected chi connectivity index (χ0v) is 21.2. The molecule has 2 aromatic carbocycles. The SMILES string of the molecule is CCO[C@H]1OC(C(=O)N2CCC(n3c(=O)[nH]c4ccccc43)CC2)=C[C@@H](c2ccccc2)[C@@H]1CCCO. The van der Waals surface area contributed by atoms with Crippen molar-refractivity contribution in [2.45, 2.75) is 50.9 Å². The number of ether oxygens (including phenoxy) is 2. The highest BCUT2D eigenvalue weighted by Gasteiger charge is 2.39. The number of imidazole rings is 1. The number of hydrogen-bond acceptors (Lipinski definition) is 5. The molecule has 37 heavy (non-hydrogen) atoms. The molecule has 2 N–H and O–H groups in total. The lowest BCUT2D eigenvalue weighted by molar-refractivity contribution is -0.170. The molecule has 2 aliphatic rings. The van der Waals surface area contributed by atoms with Crippen LogP contribution in [0, 0.1) is 5.92 Å². The van der Waals surface area contributed by atoms with Crippen LogP contribution in [-0.4, -0.2) is 58.1 Å². The number of amides is 1. The van der Waals surface area contributed by atoms with Gasteiger partial charge in [0.1, 0.15) is 0 Å². The number of para-hydroxylation sites is 2. The fraction of sp³-hybridized carbons (Fsp3) is 0.448. The highest BCUT2D eigenvalue weighted by atomic mass is 16.7. The van der Waals surface area contributed by atoms with E-state index in [1.165, 1.54) is 0 Å². The number of rotatable bonds is 8. The van der Waals surface area contributed by atoms with Gasteiger partial charge in [0.25, 0.3) is 5.91 Å². The van der Waals surface area contributed by atoms with Crippen LogP contribution < -0.4 is 5.69 Å². The maximum atomic E-state index is 13.6. The van der Waals surface area contributed by atoms with E-state index in [1.807, 2.05) is 64.9 Å². The lowest BCUT2D eigenvalue weighted by Gasteiger charge is -2.39. The Hall–Kier alpha value is -3.36. The Balaban J connectivity index is 1.35. The highest BCUT2D eigenvalue weighted by molar-refractivity contribution is 5.92. The second-order valence-corrected chi connectivity index (χ2v) is 9.78. The second kappa shape index (κ2) is 11.4. The molecule has 3 heterocycles. The normalized spacial score (nSPS) is 22.6. The maximum Gasteiger partial charge on any atom is 0.326 e. The molecule has 5 rings (SSSR count). The quantitative estimate of drug-likeness (QED) is 0.483. The molecule has 0 unspecified atom stereocenters. The van der Waals surface area contributed by atoms with E-state index in [9.17, 15) is 14.7 Å². The number of nitrogens with zero attached hydrogens (tertiary/aromatic N) is 2. The molecule has 1 saturated heterocycles. The van der Waals surface area contributed by atoms with Crippen molar-refractivity contribution in [1.29, 1.82) is 0 Å². The van der Waals surface area contributed by atoms with Crippen LogP contribution in [0.25, 0.3) is 11.0 Å². The number of H-pyrrole nitrogens is 1. The number of likely N-dealkylation sites (tertiary alicyclic amines) is 1. The molecule has 0 saturated carbocycles. The van der Waals surface area contributed by atoms with E-state index >= 15 is 0 Å². The Morgan fingerprint density at radius 1 is 1.11 bits per heavy atom. The van der Waals surface area contributed by atoms with Gasteiger partial charge >= 0.3 is 5.69 Å². The first-order valence-electron chi connectivity index (χ1n) is 13.2. The Morgan fingerprint density at radius 3 is 2.57 bits per heavy atom. The summed E-state index contributed by atoms with van der Waals surface area (Å²) in [6, 6.07) is 17.8. The van der Waals surface area contributed by atoms with Gasteiger partial charge in [-0.2, -0.15) is 0 Å². The topological polar surface area (TPSA) is 96.8 Å². The average molecular weight is 506 g/mol. The summed E-state index contributed by atoms with van der Waals surface area (Å²) in [6.07, 6.45) is 4.12. The number of carbonyl (C=O) groups is 1. The van der Waals surface area contributed by atoms with Crippen LogP contribution >= 0.6 is 0 Å². The minimum Gasteiger partial charge on any atom is -0.459 e. The van der Waals surface area contributed by atoms with Gasteiger partial charge in [-0.25, -0.2) is 4.79 Å². The Morgan fingerprint density at radius 2 is 1.84 bits per heavy atom. The van der Waals surface area contributed by atoms with Crippen molar-refractivity contribution in [3.63, 3.8) is 0 Å². The molecule has 196 valence electrons. The van der Waals surface area contributed by atoms with E-state index in [0.717, 1.165) is 23.0 Å². The molecule has 3 atom stereocenters. The lowest BCUT2D eigenvalue weighted by atomic mass is 9.80. The minimum atomic E-state index is -0.562. The zero-order valence-electron chi connectivity index (χ0n) is 21.2. The molecule has 0 bridgehead atoms. The molecule has 1 amide bonds. The van der Waals surface area contributed by atoms with E-state index in [4.69, 9.17) is 9.47 Å². The molecule has 1 aromatic heterocycles. The number of aliphatic hydroxyl groups excluding tert-OH is 1. The van der Waals surface area contributed by atoms with E-state index in [0.29, 0.717) is 44.7 Å². The Labute approximate surface area is 216 Å². The Bertz CT molecular complexity index is 1290. The monoisotopic (exact) mass is 505 g/mol. The van der Waals surface area contributed by atoms with Gasteiger partial charge in [-0.15, -0.1) is 0 Å². The molecule has 2 aliphatic heterocycles. The summed E-state index contributed by atoms with van der Waals surface area (Å²) in [5.74, 6) is 0.107. The highest BCUT2D eigenvalue weighted by Crippen LogP contribution is 2.40. The van der Waals surface area contributed by atoms with Crippen LogP contribution in [0.15, 0.2) is 71.2 Å². The summed E-state index contributed by atoms with van der Waals surface area (Å²) in [6.45, 7) is 3.56. The van der Waals surface area contributed by atoms with Crippen molar-refractivity contribution in [2.75, 3.05) is 26.3 Å². The number of aliphatic hydroxyl groups is 1. The third kappa shape index (κ3) is 5.22. The number of carbonyl (C=O) groups excluding carboxylic acids is 1. The molecule has 8 heteroatoms. The molecule has 8 nitrogen and oxygen atoms in total. The van der Waals surface area contributed by atoms with Crippen LogP contribution in [0.2, 0.25) is 0 Å². The fourth-order valence-electron chi connectivity index (χ4n) is 5.73. The predicted molar refractivity (Wildman–Crippen MR) is 141 cm³/mol. The number of aromatic amines is 1. The first-order valence-corrected chi connectivity index (χ1v) is 13.2. The number of nitrogens with one attached hydrogen (secondary N) is 1. The number of piperidine rings is 1. The van der Waals surface area contributed by atoms with Gasteiger partial charge in [0.05, 0.1) is 11.0 Å². The van der Waals surface area contributed by atoms with Crippen molar-refractivity contribution in [3.05, 3.63) is 82.5 Å².